The van der Waals surface area contributed by atoms with Crippen molar-refractivity contribution in [2.75, 3.05) is 45.9 Å². The van der Waals surface area contributed by atoms with Crippen molar-refractivity contribution in [3.63, 3.8) is 0 Å². The molecule has 2 heterocycles. The first-order valence-corrected chi connectivity index (χ1v) is 10.9. The van der Waals surface area contributed by atoms with Crippen LogP contribution in [0.2, 0.25) is 0 Å². The van der Waals surface area contributed by atoms with Crippen LogP contribution in [0.1, 0.15) is 37.8 Å². The van der Waals surface area contributed by atoms with Gasteiger partial charge in [-0.2, -0.15) is 0 Å². The second kappa shape index (κ2) is 11.2. The number of likely N-dealkylation sites (tertiary alicyclic amines) is 1. The van der Waals surface area contributed by atoms with Gasteiger partial charge in [0, 0.05) is 51.7 Å². The first kappa shape index (κ1) is 21.6. The number of amides is 1. The average Bonchev–Trinajstić information content (AvgIpc) is 3.22. The van der Waals surface area contributed by atoms with Crippen LogP contribution in [0.4, 0.5) is 0 Å². The Bertz CT molecular complexity index is 688. The number of carbonyl (C=O) groups excluding carboxylic acids is 1. The van der Waals surface area contributed by atoms with E-state index in [-0.39, 0.29) is 11.9 Å². The second-order valence-corrected chi connectivity index (χ2v) is 7.68. The molecule has 3 rings (SSSR count). The van der Waals surface area contributed by atoms with E-state index >= 15 is 0 Å². The van der Waals surface area contributed by atoms with E-state index in [9.17, 15) is 4.79 Å². The Labute approximate surface area is 174 Å². The first-order valence-electron chi connectivity index (χ1n) is 10.9. The molecule has 0 bridgehead atoms. The van der Waals surface area contributed by atoms with E-state index in [0.29, 0.717) is 13.0 Å². The summed E-state index contributed by atoms with van der Waals surface area (Å²) >= 11 is 0. The summed E-state index contributed by atoms with van der Waals surface area (Å²) in [6, 6.07) is 8.81. The molecule has 7 heteroatoms. The maximum atomic E-state index is 11.9. The molecule has 1 amide bonds. The third-order valence-corrected chi connectivity index (χ3v) is 5.55. The highest BCUT2D eigenvalue weighted by Crippen LogP contribution is 2.15. The summed E-state index contributed by atoms with van der Waals surface area (Å²) in [5, 5.41) is 6.86. The largest absolute Gasteiger partial charge is 0.379 e. The normalized spacial score (nSPS) is 20.7. The van der Waals surface area contributed by atoms with E-state index < -0.39 is 0 Å². The molecular formula is C22H35N5O2. The van der Waals surface area contributed by atoms with Crippen molar-refractivity contribution in [2.45, 2.75) is 45.8 Å². The van der Waals surface area contributed by atoms with Crippen LogP contribution in [0, 0.1) is 0 Å². The van der Waals surface area contributed by atoms with E-state index in [1.165, 1.54) is 11.1 Å². The molecule has 2 N–H and O–H groups in total. The molecule has 1 aromatic rings. The van der Waals surface area contributed by atoms with E-state index in [4.69, 9.17) is 9.73 Å². The van der Waals surface area contributed by atoms with E-state index in [1.54, 1.807) is 0 Å². The number of ether oxygens (including phenoxy) is 1. The van der Waals surface area contributed by atoms with Crippen molar-refractivity contribution in [1.29, 1.82) is 0 Å². The van der Waals surface area contributed by atoms with Crippen molar-refractivity contribution >= 4 is 11.9 Å². The number of nitrogens with zero attached hydrogens (tertiary/aromatic N) is 3. The zero-order valence-electron chi connectivity index (χ0n) is 17.8. The monoisotopic (exact) mass is 401 g/mol. The molecule has 0 spiro atoms. The molecule has 0 radical (unpaired) electrons. The van der Waals surface area contributed by atoms with Crippen LogP contribution < -0.4 is 10.6 Å². The highest BCUT2D eigenvalue weighted by Gasteiger charge is 2.25. The summed E-state index contributed by atoms with van der Waals surface area (Å²) in [4.78, 5) is 21.1. The number of benzene rings is 1. The minimum atomic E-state index is 0.230. The summed E-state index contributed by atoms with van der Waals surface area (Å²) < 4.78 is 5.46. The predicted octanol–water partition coefficient (Wildman–Crippen LogP) is 1.58. The Hall–Kier alpha value is -2.12. The number of carbonyl (C=O) groups is 1. The average molecular weight is 402 g/mol. The van der Waals surface area contributed by atoms with Crippen molar-refractivity contribution in [2.24, 2.45) is 4.99 Å². The smallest absolute Gasteiger partial charge is 0.222 e. The quantitative estimate of drug-likeness (QED) is 0.536. The number of hydrogen-bond donors (Lipinski definition) is 2. The molecular weight excluding hydrogens is 366 g/mol. The third-order valence-electron chi connectivity index (χ3n) is 5.55. The number of rotatable bonds is 7. The van der Waals surface area contributed by atoms with E-state index in [0.717, 1.165) is 64.9 Å². The van der Waals surface area contributed by atoms with Gasteiger partial charge in [0.25, 0.3) is 0 Å². The lowest BCUT2D eigenvalue weighted by atomic mass is 10.1. The van der Waals surface area contributed by atoms with Crippen LogP contribution >= 0.6 is 0 Å². The van der Waals surface area contributed by atoms with Gasteiger partial charge in [0.2, 0.25) is 5.91 Å². The summed E-state index contributed by atoms with van der Waals surface area (Å²) in [5.74, 6) is 1.05. The van der Waals surface area contributed by atoms with Crippen LogP contribution in [0.15, 0.2) is 29.3 Å². The van der Waals surface area contributed by atoms with Gasteiger partial charge in [0.1, 0.15) is 0 Å². The Morgan fingerprint density at radius 2 is 1.93 bits per heavy atom. The van der Waals surface area contributed by atoms with Gasteiger partial charge in [-0.05, 0) is 24.5 Å². The minimum absolute atomic E-state index is 0.230. The molecule has 29 heavy (non-hydrogen) atoms. The Balaban J connectivity index is 1.60. The highest BCUT2D eigenvalue weighted by molar-refractivity contribution is 5.80. The van der Waals surface area contributed by atoms with Gasteiger partial charge in [-0.15, -0.1) is 0 Å². The highest BCUT2D eigenvalue weighted by atomic mass is 16.5. The molecule has 2 fully saturated rings. The fourth-order valence-corrected chi connectivity index (χ4v) is 3.87. The Morgan fingerprint density at radius 1 is 1.17 bits per heavy atom. The van der Waals surface area contributed by atoms with Crippen LogP contribution in [0.25, 0.3) is 0 Å². The van der Waals surface area contributed by atoms with Gasteiger partial charge in [0.15, 0.2) is 5.96 Å². The van der Waals surface area contributed by atoms with Gasteiger partial charge < -0.3 is 20.3 Å². The summed E-state index contributed by atoms with van der Waals surface area (Å²) in [7, 11) is 0. The molecule has 7 nitrogen and oxygen atoms in total. The van der Waals surface area contributed by atoms with Crippen LogP contribution in [-0.2, 0) is 22.6 Å². The maximum Gasteiger partial charge on any atom is 0.222 e. The number of nitrogens with one attached hydrogen (secondary N) is 2. The summed E-state index contributed by atoms with van der Waals surface area (Å²) in [6.45, 7) is 11.6. The molecule has 1 atom stereocenters. The zero-order valence-corrected chi connectivity index (χ0v) is 17.8. The third kappa shape index (κ3) is 6.44. The first-order chi connectivity index (χ1) is 14.2. The van der Waals surface area contributed by atoms with Crippen molar-refractivity contribution in [3.8, 4) is 0 Å². The number of guanidine groups is 1. The van der Waals surface area contributed by atoms with Crippen LogP contribution in [0.5, 0.6) is 0 Å². The molecule has 1 aromatic carbocycles. The maximum absolute atomic E-state index is 11.9. The molecule has 0 aromatic heterocycles. The lowest BCUT2D eigenvalue weighted by Gasteiger charge is -2.27. The standard InChI is InChI=1S/C22H35N5O2/c1-3-21(28)27-10-9-20(17-27)25-22(23-4-2)24-15-18-7-5-6-8-19(18)16-26-11-13-29-14-12-26/h5-8,20H,3-4,9-17H2,1-2H3,(H2,23,24,25). The number of morpholine rings is 1. The fourth-order valence-electron chi connectivity index (χ4n) is 3.87. The predicted molar refractivity (Wildman–Crippen MR) is 116 cm³/mol. The van der Waals surface area contributed by atoms with Crippen LogP contribution in [0.3, 0.4) is 0 Å². The van der Waals surface area contributed by atoms with Crippen molar-refractivity contribution < 1.29 is 9.53 Å². The Kier molecular flexibility index (Phi) is 8.31. The number of hydrogen-bond acceptors (Lipinski definition) is 4. The topological polar surface area (TPSA) is 69.2 Å². The molecule has 2 aliphatic rings. The van der Waals surface area contributed by atoms with Crippen molar-refractivity contribution in [3.05, 3.63) is 35.4 Å². The molecule has 160 valence electrons. The lowest BCUT2D eigenvalue weighted by molar-refractivity contribution is -0.129. The summed E-state index contributed by atoms with van der Waals surface area (Å²) in [5.41, 5.74) is 2.58. The molecule has 2 aliphatic heterocycles. The van der Waals surface area contributed by atoms with Gasteiger partial charge in [0.05, 0.1) is 19.8 Å². The van der Waals surface area contributed by atoms with E-state index in [1.807, 2.05) is 11.8 Å². The molecule has 1 unspecified atom stereocenters. The van der Waals surface area contributed by atoms with Crippen molar-refractivity contribution in [1.82, 2.24) is 20.4 Å². The molecule has 0 aliphatic carbocycles. The SMILES string of the molecule is CCNC(=NCc1ccccc1CN1CCOCC1)NC1CCN(C(=O)CC)C1. The fraction of sp³-hybridized carbons (Fsp3) is 0.636. The van der Waals surface area contributed by atoms with Gasteiger partial charge in [-0.25, -0.2) is 4.99 Å². The Morgan fingerprint density at radius 3 is 2.66 bits per heavy atom. The molecule has 0 saturated carbocycles. The van der Waals surface area contributed by atoms with Crippen LogP contribution in [-0.4, -0.2) is 73.6 Å². The van der Waals surface area contributed by atoms with Gasteiger partial charge in [-0.3, -0.25) is 9.69 Å². The summed E-state index contributed by atoms with van der Waals surface area (Å²) in [6.07, 6.45) is 1.53. The van der Waals surface area contributed by atoms with Gasteiger partial charge >= 0.3 is 0 Å². The lowest BCUT2D eigenvalue weighted by Crippen LogP contribution is -2.45. The zero-order chi connectivity index (χ0) is 20.5. The molecule has 2 saturated heterocycles. The van der Waals surface area contributed by atoms with Gasteiger partial charge in [-0.1, -0.05) is 31.2 Å². The second-order valence-electron chi connectivity index (χ2n) is 7.68. The minimum Gasteiger partial charge on any atom is -0.379 e. The van der Waals surface area contributed by atoms with E-state index in [2.05, 4.69) is 46.7 Å². The number of aliphatic imine (C=N–C) groups is 1.